The van der Waals surface area contributed by atoms with Crippen LogP contribution in [0.25, 0.3) is 10.9 Å². The number of rotatable bonds is 6. The van der Waals surface area contributed by atoms with Crippen molar-refractivity contribution in [1.29, 1.82) is 0 Å². The highest BCUT2D eigenvalue weighted by atomic mass is 79.9. The summed E-state index contributed by atoms with van der Waals surface area (Å²) < 4.78 is 3.92. The fourth-order valence-corrected chi connectivity index (χ4v) is 4.11. The number of hydrogen-bond donors (Lipinski definition) is 1. The van der Waals surface area contributed by atoms with Gasteiger partial charge in [-0.3, -0.25) is 19.7 Å². The third kappa shape index (κ3) is 4.59. The molecule has 0 aliphatic heterocycles. The van der Waals surface area contributed by atoms with E-state index in [0.717, 1.165) is 27.8 Å². The maximum absolute atomic E-state index is 13.3. The topological polar surface area (TPSA) is 81.3 Å². The summed E-state index contributed by atoms with van der Waals surface area (Å²) in [5, 5.41) is 5.05. The number of aryl methyl sites for hydroxylation is 1. The summed E-state index contributed by atoms with van der Waals surface area (Å²) in [6.07, 6.45) is 2.47. The van der Waals surface area contributed by atoms with E-state index in [9.17, 15) is 9.59 Å². The zero-order valence-electron chi connectivity index (χ0n) is 19.5. The number of nitrogens with one attached hydrogen (secondary N) is 1. The second-order valence-electron chi connectivity index (χ2n) is 8.27. The van der Waals surface area contributed by atoms with E-state index in [2.05, 4.69) is 33.4 Å². The summed E-state index contributed by atoms with van der Waals surface area (Å²) >= 11 is 3.43. The lowest BCUT2D eigenvalue weighted by atomic mass is 10.1. The van der Waals surface area contributed by atoms with Crippen LogP contribution in [0.15, 0.2) is 69.0 Å². The Morgan fingerprint density at radius 2 is 1.91 bits per heavy atom. The highest BCUT2D eigenvalue weighted by Gasteiger charge is 2.16. The molecule has 2 heterocycles. The lowest BCUT2D eigenvalue weighted by Crippen LogP contribution is -2.25. The number of amides is 1. The number of nitrogens with zero attached hydrogens (tertiary/aromatic N) is 4. The van der Waals surface area contributed by atoms with Crippen LogP contribution in [-0.2, 0) is 0 Å². The van der Waals surface area contributed by atoms with Gasteiger partial charge < -0.3 is 0 Å². The quantitative estimate of drug-likeness (QED) is 0.348. The Bertz CT molecular complexity index is 1450. The molecule has 1 N–H and O–H groups in total. The molecule has 0 saturated carbocycles. The average molecular weight is 520 g/mol. The zero-order valence-corrected chi connectivity index (χ0v) is 21.1. The summed E-state index contributed by atoms with van der Waals surface area (Å²) in [5.74, 6) is 0.464. The minimum absolute atomic E-state index is 0.0514. The van der Waals surface area contributed by atoms with E-state index in [4.69, 9.17) is 4.98 Å². The molecule has 0 radical (unpaired) electrons. The van der Waals surface area contributed by atoms with Crippen molar-refractivity contribution in [3.8, 4) is 0 Å². The molecular weight excluding hydrogens is 494 g/mol. The number of halogens is 1. The van der Waals surface area contributed by atoms with Gasteiger partial charge in [0.05, 0.1) is 17.1 Å². The Labute approximate surface area is 206 Å². The number of carbonyl (C=O) groups is 1. The number of fused-ring (bicyclic) bond motifs is 1. The molecule has 1 amide bonds. The smallest absolute Gasteiger partial charge is 0.267 e. The number of benzene rings is 2. The number of carbonyl (C=O) groups excluding carboxylic acids is 1. The molecule has 2 aromatic heterocycles. The van der Waals surface area contributed by atoms with Gasteiger partial charge in [0.15, 0.2) is 0 Å². The second-order valence-corrected chi connectivity index (χ2v) is 9.19. The summed E-state index contributed by atoms with van der Waals surface area (Å²) in [4.78, 5) is 30.7. The molecule has 0 bridgehead atoms. The monoisotopic (exact) mass is 519 g/mol. The molecule has 2 aromatic carbocycles. The van der Waals surface area contributed by atoms with E-state index < -0.39 is 0 Å². The van der Waals surface area contributed by atoms with Gasteiger partial charge in [0.25, 0.3) is 11.5 Å². The zero-order chi connectivity index (χ0) is 24.4. The predicted molar refractivity (Wildman–Crippen MR) is 139 cm³/mol. The van der Waals surface area contributed by atoms with Crippen LogP contribution >= 0.6 is 15.9 Å². The van der Waals surface area contributed by atoms with Crippen molar-refractivity contribution >= 4 is 39.0 Å². The van der Waals surface area contributed by atoms with E-state index in [0.29, 0.717) is 22.3 Å². The van der Waals surface area contributed by atoms with Gasteiger partial charge in [-0.15, -0.1) is 0 Å². The molecule has 1 atom stereocenters. The SMILES string of the molecule is CC[C@H](C)c1nc2ccc(Br)cc2c(=O)n1N=Cc1cc(C)n(NC(=O)c2ccccc2)c1C. The van der Waals surface area contributed by atoms with Gasteiger partial charge in [0.2, 0.25) is 0 Å². The van der Waals surface area contributed by atoms with Gasteiger partial charge in [-0.1, -0.05) is 48.0 Å². The van der Waals surface area contributed by atoms with Crippen molar-refractivity contribution in [1.82, 2.24) is 14.3 Å². The van der Waals surface area contributed by atoms with Crippen LogP contribution in [0.3, 0.4) is 0 Å². The van der Waals surface area contributed by atoms with Crippen LogP contribution in [0.2, 0.25) is 0 Å². The lowest BCUT2D eigenvalue weighted by Gasteiger charge is -2.14. The van der Waals surface area contributed by atoms with Crippen LogP contribution in [-0.4, -0.2) is 26.5 Å². The molecule has 0 saturated heterocycles. The molecule has 0 fully saturated rings. The second kappa shape index (κ2) is 9.77. The van der Waals surface area contributed by atoms with Crippen LogP contribution in [0.1, 0.15) is 59.3 Å². The molecule has 4 aromatic rings. The maximum atomic E-state index is 13.3. The summed E-state index contributed by atoms with van der Waals surface area (Å²) in [6.45, 7) is 7.89. The van der Waals surface area contributed by atoms with Crippen molar-refractivity contribution in [3.05, 3.63) is 97.8 Å². The summed E-state index contributed by atoms with van der Waals surface area (Å²) in [5.41, 5.74) is 6.37. The Hall–Kier alpha value is -3.52. The number of hydrogen-bond acceptors (Lipinski definition) is 4. The van der Waals surface area contributed by atoms with Crippen molar-refractivity contribution in [2.45, 2.75) is 40.0 Å². The van der Waals surface area contributed by atoms with Gasteiger partial charge >= 0.3 is 0 Å². The van der Waals surface area contributed by atoms with Crippen molar-refractivity contribution in [2.75, 3.05) is 5.43 Å². The molecule has 4 rings (SSSR count). The van der Waals surface area contributed by atoms with Gasteiger partial charge in [0.1, 0.15) is 5.82 Å². The Morgan fingerprint density at radius 1 is 1.18 bits per heavy atom. The lowest BCUT2D eigenvalue weighted by molar-refractivity contribution is 0.101. The molecule has 8 heteroatoms. The first kappa shape index (κ1) is 23.6. The third-order valence-corrected chi connectivity index (χ3v) is 6.41. The number of aromatic nitrogens is 3. The standard InChI is InChI=1S/C26H26BrN5O2/c1-5-16(2)24-29-23-12-11-21(27)14-22(23)26(34)32(24)28-15-20-13-17(3)31(18(20)4)30-25(33)19-9-7-6-8-10-19/h6-16H,5H2,1-4H3,(H,30,33)/t16-/m0/s1. The molecular formula is C26H26BrN5O2. The van der Waals surface area contributed by atoms with Crippen LogP contribution in [0.4, 0.5) is 0 Å². The minimum atomic E-state index is -0.218. The molecule has 0 unspecified atom stereocenters. The van der Waals surface area contributed by atoms with Crippen molar-refractivity contribution in [2.24, 2.45) is 5.10 Å². The van der Waals surface area contributed by atoms with Crippen LogP contribution < -0.4 is 11.0 Å². The van der Waals surface area contributed by atoms with Crippen molar-refractivity contribution < 1.29 is 4.79 Å². The summed E-state index contributed by atoms with van der Waals surface area (Å²) in [6, 6.07) is 16.4. The van der Waals surface area contributed by atoms with E-state index >= 15 is 0 Å². The largest absolute Gasteiger partial charge is 0.282 e. The van der Waals surface area contributed by atoms with E-state index in [1.54, 1.807) is 29.1 Å². The Kier molecular flexibility index (Phi) is 6.79. The molecule has 174 valence electrons. The maximum Gasteiger partial charge on any atom is 0.282 e. The fourth-order valence-electron chi connectivity index (χ4n) is 3.75. The molecule has 7 nitrogen and oxygen atoms in total. The van der Waals surface area contributed by atoms with E-state index in [1.807, 2.05) is 57.2 Å². The first-order valence-corrected chi connectivity index (χ1v) is 11.9. The van der Waals surface area contributed by atoms with Crippen LogP contribution in [0, 0.1) is 13.8 Å². The molecule has 0 aliphatic carbocycles. The predicted octanol–water partition coefficient (Wildman–Crippen LogP) is 5.36. The third-order valence-electron chi connectivity index (χ3n) is 5.92. The Morgan fingerprint density at radius 3 is 2.62 bits per heavy atom. The van der Waals surface area contributed by atoms with Gasteiger partial charge in [-0.05, 0) is 56.7 Å². The highest BCUT2D eigenvalue weighted by molar-refractivity contribution is 9.10. The average Bonchev–Trinajstić information content (AvgIpc) is 3.11. The van der Waals surface area contributed by atoms with Gasteiger partial charge in [-0.2, -0.15) is 9.78 Å². The Balaban J connectivity index is 1.73. The highest BCUT2D eigenvalue weighted by Crippen LogP contribution is 2.21. The molecule has 34 heavy (non-hydrogen) atoms. The van der Waals surface area contributed by atoms with Crippen molar-refractivity contribution in [3.63, 3.8) is 0 Å². The normalized spacial score (nSPS) is 12.4. The van der Waals surface area contributed by atoms with E-state index in [-0.39, 0.29) is 17.4 Å². The van der Waals surface area contributed by atoms with Gasteiger partial charge in [-0.25, -0.2) is 4.98 Å². The first-order valence-electron chi connectivity index (χ1n) is 11.1. The van der Waals surface area contributed by atoms with Crippen LogP contribution in [0.5, 0.6) is 0 Å². The first-order chi connectivity index (χ1) is 16.3. The minimum Gasteiger partial charge on any atom is -0.267 e. The van der Waals surface area contributed by atoms with Gasteiger partial charge in [0, 0.05) is 32.9 Å². The molecule has 0 aliphatic rings. The molecule has 0 spiro atoms. The van der Waals surface area contributed by atoms with E-state index in [1.165, 1.54) is 4.68 Å². The fraction of sp³-hybridized carbons (Fsp3) is 0.231. The summed E-state index contributed by atoms with van der Waals surface area (Å²) in [7, 11) is 0.